The minimum absolute atomic E-state index is 0.300. The number of imide groups is 1. The van der Waals surface area contributed by atoms with E-state index in [1.807, 2.05) is 0 Å². The van der Waals surface area contributed by atoms with Gasteiger partial charge in [-0.25, -0.2) is 4.99 Å². The van der Waals surface area contributed by atoms with E-state index >= 15 is 0 Å². The lowest BCUT2D eigenvalue weighted by Crippen LogP contribution is -2.19. The number of hydrogen-bond donors (Lipinski definition) is 1. The number of fused-ring (bicyclic) bond motifs is 1. The molecule has 1 N–H and O–H groups in total. The summed E-state index contributed by atoms with van der Waals surface area (Å²) in [5.74, 6) is -0.601. The lowest BCUT2D eigenvalue weighted by molar-refractivity contribution is 0.0879. The van der Waals surface area contributed by atoms with Gasteiger partial charge >= 0.3 is 0 Å². The Bertz CT molecular complexity index is 475. The second-order valence-corrected chi connectivity index (χ2v) is 4.19. The number of isothiocyanates is 1. The van der Waals surface area contributed by atoms with E-state index in [-0.39, 0.29) is 11.8 Å². The van der Waals surface area contributed by atoms with Crippen LogP contribution in [0.3, 0.4) is 0 Å². The summed E-state index contributed by atoms with van der Waals surface area (Å²) >= 11 is 4.38. The summed E-state index contributed by atoms with van der Waals surface area (Å²) in [7, 11) is 0. The van der Waals surface area contributed by atoms with Crippen LogP contribution in [0.5, 0.6) is 0 Å². The molecule has 5 heteroatoms. The maximum atomic E-state index is 10.9. The molecule has 2 rings (SSSR count). The highest BCUT2D eigenvalue weighted by Gasteiger charge is 2.25. The van der Waals surface area contributed by atoms with Crippen LogP contribution >= 0.6 is 12.2 Å². The maximum absolute atomic E-state index is 10.9. The van der Waals surface area contributed by atoms with Gasteiger partial charge in [-0.05, 0) is 30.8 Å². The van der Waals surface area contributed by atoms with E-state index in [4.69, 9.17) is 0 Å². The number of carbonyl (C=O) groups is 2. The van der Waals surface area contributed by atoms with E-state index in [0.717, 1.165) is 13.0 Å². The van der Waals surface area contributed by atoms with Crippen LogP contribution < -0.4 is 5.32 Å². The third kappa shape index (κ3) is 4.73. The summed E-state index contributed by atoms with van der Waals surface area (Å²) in [4.78, 5) is 25.7. The molecule has 0 saturated heterocycles. The molecule has 0 aromatic heterocycles. The summed E-state index contributed by atoms with van der Waals surface area (Å²) in [5.41, 5.74) is 0.940. The second kappa shape index (κ2) is 8.29. The van der Waals surface area contributed by atoms with E-state index in [9.17, 15) is 9.59 Å². The predicted octanol–water partition coefficient (Wildman–Crippen LogP) is 2.85. The lowest BCUT2D eigenvalue weighted by atomic mass is 10.1. The van der Waals surface area contributed by atoms with Crippen LogP contribution in [0.1, 0.15) is 46.9 Å². The Morgan fingerprint density at radius 3 is 2.21 bits per heavy atom. The SMILES string of the molecule is CCCCCN=C=S.O=C1NC(=O)c2ccccc21. The minimum atomic E-state index is -0.300. The summed E-state index contributed by atoms with van der Waals surface area (Å²) in [6.07, 6.45) is 3.65. The fourth-order valence-electron chi connectivity index (χ4n) is 1.60. The van der Waals surface area contributed by atoms with E-state index in [1.54, 1.807) is 24.3 Å². The van der Waals surface area contributed by atoms with Gasteiger partial charge in [0.25, 0.3) is 11.8 Å². The molecular formula is C14H16N2O2S. The Labute approximate surface area is 117 Å². The van der Waals surface area contributed by atoms with E-state index < -0.39 is 0 Å². The highest BCUT2D eigenvalue weighted by Crippen LogP contribution is 2.13. The van der Waals surface area contributed by atoms with Gasteiger partial charge in [-0.1, -0.05) is 31.9 Å². The first kappa shape index (κ1) is 15.2. The standard InChI is InChI=1S/C8H5NO2.C6H11NS/c10-7-5-3-1-2-4-6(5)8(11)9-7;1-2-3-4-5-7-6-8/h1-4H,(H,9,10,11);2-5H2,1H3. The van der Waals surface area contributed by atoms with Crippen LogP contribution in [0.2, 0.25) is 0 Å². The smallest absolute Gasteiger partial charge is 0.258 e. The third-order valence-corrected chi connectivity index (χ3v) is 2.71. The van der Waals surface area contributed by atoms with Gasteiger partial charge in [0.2, 0.25) is 0 Å². The first-order valence-corrected chi connectivity index (χ1v) is 6.59. The van der Waals surface area contributed by atoms with Gasteiger partial charge in [-0.15, -0.1) is 0 Å². The van der Waals surface area contributed by atoms with Gasteiger partial charge in [0.05, 0.1) is 16.3 Å². The van der Waals surface area contributed by atoms with Crippen molar-refractivity contribution in [3.05, 3.63) is 35.4 Å². The fraction of sp³-hybridized carbons (Fsp3) is 0.357. The van der Waals surface area contributed by atoms with Crippen LogP contribution in [0.15, 0.2) is 29.3 Å². The molecule has 1 aromatic rings. The zero-order valence-corrected chi connectivity index (χ0v) is 11.6. The second-order valence-electron chi connectivity index (χ2n) is 4.01. The molecule has 0 saturated carbocycles. The highest BCUT2D eigenvalue weighted by atomic mass is 32.1. The molecule has 1 aliphatic rings. The summed E-state index contributed by atoms with van der Waals surface area (Å²) in [6.45, 7) is 3.03. The first-order valence-electron chi connectivity index (χ1n) is 6.19. The predicted molar refractivity (Wildman–Crippen MR) is 77.7 cm³/mol. The van der Waals surface area contributed by atoms with Gasteiger partial charge in [0.1, 0.15) is 0 Å². The zero-order valence-electron chi connectivity index (χ0n) is 10.8. The van der Waals surface area contributed by atoms with Gasteiger partial charge in [-0.2, -0.15) is 0 Å². The largest absolute Gasteiger partial charge is 0.288 e. The van der Waals surface area contributed by atoms with Crippen molar-refractivity contribution in [2.75, 3.05) is 6.54 Å². The normalized spacial score (nSPS) is 11.8. The number of thiocarbonyl (C=S) groups is 1. The number of carbonyl (C=O) groups excluding carboxylic acids is 2. The molecule has 4 nitrogen and oxygen atoms in total. The number of benzene rings is 1. The zero-order chi connectivity index (χ0) is 14.1. The molecule has 100 valence electrons. The van der Waals surface area contributed by atoms with E-state index in [2.05, 4.69) is 34.6 Å². The monoisotopic (exact) mass is 276 g/mol. The maximum Gasteiger partial charge on any atom is 0.258 e. The Hall–Kier alpha value is -1.84. The molecule has 2 amide bonds. The van der Waals surface area contributed by atoms with Gasteiger partial charge in [-0.3, -0.25) is 14.9 Å². The minimum Gasteiger partial charge on any atom is -0.288 e. The van der Waals surface area contributed by atoms with Gasteiger partial charge in [0, 0.05) is 6.54 Å². The van der Waals surface area contributed by atoms with Crippen LogP contribution in [0.25, 0.3) is 0 Å². The Morgan fingerprint density at radius 1 is 1.16 bits per heavy atom. The molecule has 0 spiro atoms. The fourth-order valence-corrected chi connectivity index (χ4v) is 1.69. The molecule has 0 radical (unpaired) electrons. The van der Waals surface area contributed by atoms with Crippen molar-refractivity contribution in [3.63, 3.8) is 0 Å². The number of aliphatic imine (C=N–C) groups is 1. The van der Waals surface area contributed by atoms with E-state index in [0.29, 0.717) is 11.1 Å². The first-order chi connectivity index (χ1) is 9.20. The topological polar surface area (TPSA) is 58.5 Å². The van der Waals surface area contributed by atoms with Crippen molar-refractivity contribution < 1.29 is 9.59 Å². The number of hydrogen-bond acceptors (Lipinski definition) is 4. The van der Waals surface area contributed by atoms with Gasteiger partial charge in [0.15, 0.2) is 0 Å². The molecule has 0 bridgehead atoms. The molecule has 1 heterocycles. The van der Waals surface area contributed by atoms with Crippen LogP contribution in [0.4, 0.5) is 0 Å². The number of rotatable bonds is 4. The molecule has 0 fully saturated rings. The van der Waals surface area contributed by atoms with Crippen molar-refractivity contribution in [2.45, 2.75) is 26.2 Å². The quantitative estimate of drug-likeness (QED) is 0.398. The number of unbranched alkanes of at least 4 members (excludes halogenated alkanes) is 2. The van der Waals surface area contributed by atoms with Crippen molar-refractivity contribution >= 4 is 29.2 Å². The Balaban J connectivity index is 0.000000203. The van der Waals surface area contributed by atoms with Gasteiger partial charge < -0.3 is 0 Å². The summed E-state index contributed by atoms with van der Waals surface area (Å²) < 4.78 is 0. The van der Waals surface area contributed by atoms with Crippen molar-refractivity contribution in [3.8, 4) is 0 Å². The van der Waals surface area contributed by atoms with Crippen molar-refractivity contribution in [1.29, 1.82) is 0 Å². The highest BCUT2D eigenvalue weighted by molar-refractivity contribution is 7.78. The lowest BCUT2D eigenvalue weighted by Gasteiger charge is -1.88. The van der Waals surface area contributed by atoms with E-state index in [1.165, 1.54) is 12.8 Å². The number of nitrogens with one attached hydrogen (secondary N) is 1. The summed E-state index contributed by atoms with van der Waals surface area (Å²) in [5, 5.41) is 4.54. The van der Waals surface area contributed by atoms with Crippen LogP contribution in [0, 0.1) is 0 Å². The summed E-state index contributed by atoms with van der Waals surface area (Å²) in [6, 6.07) is 6.74. The molecule has 1 aliphatic heterocycles. The molecule has 0 aliphatic carbocycles. The molecule has 0 atom stereocenters. The molecular weight excluding hydrogens is 260 g/mol. The Kier molecular flexibility index (Phi) is 6.64. The molecule has 1 aromatic carbocycles. The van der Waals surface area contributed by atoms with Crippen LogP contribution in [-0.2, 0) is 0 Å². The molecule has 19 heavy (non-hydrogen) atoms. The third-order valence-electron chi connectivity index (χ3n) is 2.58. The average molecular weight is 276 g/mol. The average Bonchev–Trinajstić information content (AvgIpc) is 2.72. The number of amides is 2. The van der Waals surface area contributed by atoms with Crippen LogP contribution in [-0.4, -0.2) is 23.5 Å². The van der Waals surface area contributed by atoms with Crippen molar-refractivity contribution in [2.24, 2.45) is 4.99 Å². The molecule has 0 unspecified atom stereocenters. The Morgan fingerprint density at radius 2 is 1.74 bits per heavy atom. The van der Waals surface area contributed by atoms with Crippen molar-refractivity contribution in [1.82, 2.24) is 5.32 Å². The number of nitrogens with zero attached hydrogens (tertiary/aromatic N) is 1.